The van der Waals surface area contributed by atoms with Crippen molar-refractivity contribution in [1.29, 1.82) is 0 Å². The largest absolute Gasteiger partial charge is 0.504 e. The molecule has 1 N–H and O–H groups in total. The molecule has 4 heterocycles. The quantitative estimate of drug-likeness (QED) is 0.387. The molecule has 38 heavy (non-hydrogen) atoms. The highest BCUT2D eigenvalue weighted by Crippen LogP contribution is 2.60. The highest BCUT2D eigenvalue weighted by Gasteiger charge is 2.69. The lowest BCUT2D eigenvalue weighted by molar-refractivity contribution is -0.576. The molecule has 8 atom stereocenters. The number of fused-ring (bicyclic) bond motifs is 2. The molecule has 5 aliphatic rings. The van der Waals surface area contributed by atoms with E-state index in [2.05, 4.69) is 6.92 Å². The number of benzene rings is 1. The van der Waals surface area contributed by atoms with Gasteiger partial charge < -0.3 is 28.8 Å². The summed E-state index contributed by atoms with van der Waals surface area (Å²) in [5, 5.41) is 9.86. The second kappa shape index (κ2) is 10.6. The van der Waals surface area contributed by atoms with E-state index in [1.807, 2.05) is 13.8 Å². The maximum absolute atomic E-state index is 12.7. The molecule has 0 unspecified atom stereocenters. The molecule has 0 aromatic heterocycles. The minimum Gasteiger partial charge on any atom is -0.504 e. The first kappa shape index (κ1) is 27.2. The fraction of sp³-hybridized carbons (Fsp3) is 0.714. The van der Waals surface area contributed by atoms with Gasteiger partial charge in [-0.15, -0.1) is 0 Å². The Morgan fingerprint density at radius 1 is 1.08 bits per heavy atom. The number of phenols is 1. The summed E-state index contributed by atoms with van der Waals surface area (Å²) >= 11 is 0. The lowest BCUT2D eigenvalue weighted by atomic mass is 9.58. The van der Waals surface area contributed by atoms with Crippen molar-refractivity contribution in [1.82, 2.24) is 0 Å². The fourth-order valence-corrected chi connectivity index (χ4v) is 6.65. The Balaban J connectivity index is 1.13. The number of hydrogen-bond donors (Lipinski definition) is 1. The van der Waals surface area contributed by atoms with Gasteiger partial charge in [0.15, 0.2) is 23.4 Å². The molecule has 210 valence electrons. The summed E-state index contributed by atoms with van der Waals surface area (Å²) < 4.78 is 28.5. The van der Waals surface area contributed by atoms with Crippen LogP contribution in [0.4, 0.5) is 0 Å². The van der Waals surface area contributed by atoms with E-state index in [0.29, 0.717) is 24.5 Å². The van der Waals surface area contributed by atoms with Gasteiger partial charge >= 0.3 is 11.9 Å². The third kappa shape index (κ3) is 4.99. The first-order valence-corrected chi connectivity index (χ1v) is 13.6. The van der Waals surface area contributed by atoms with Crippen LogP contribution < -0.4 is 4.74 Å². The van der Waals surface area contributed by atoms with Crippen LogP contribution >= 0.6 is 0 Å². The van der Waals surface area contributed by atoms with E-state index >= 15 is 0 Å². The van der Waals surface area contributed by atoms with Gasteiger partial charge in [-0.05, 0) is 55.7 Å². The smallest absolute Gasteiger partial charge is 0.308 e. The summed E-state index contributed by atoms with van der Waals surface area (Å²) in [4.78, 5) is 36.8. The first-order valence-electron chi connectivity index (χ1n) is 13.6. The molecule has 2 bridgehead atoms. The second-order valence-electron chi connectivity index (χ2n) is 11.2. The van der Waals surface area contributed by atoms with Crippen LogP contribution in [0, 0.1) is 23.7 Å². The molecule has 0 radical (unpaired) electrons. The van der Waals surface area contributed by atoms with Crippen molar-refractivity contribution in [3.63, 3.8) is 0 Å². The van der Waals surface area contributed by atoms with Crippen LogP contribution in [0.5, 0.6) is 11.5 Å². The van der Waals surface area contributed by atoms with E-state index in [1.54, 1.807) is 18.2 Å². The zero-order valence-corrected chi connectivity index (χ0v) is 22.5. The average Bonchev–Trinajstić information content (AvgIpc) is 3.12. The minimum atomic E-state index is -0.902. The van der Waals surface area contributed by atoms with E-state index in [-0.39, 0.29) is 43.0 Å². The number of ether oxygens (including phenoxy) is 5. The first-order chi connectivity index (χ1) is 18.1. The van der Waals surface area contributed by atoms with Gasteiger partial charge in [-0.2, -0.15) is 0 Å². The molecule has 1 spiro atoms. The maximum Gasteiger partial charge on any atom is 0.308 e. The SMILES string of the molecule is COc1ccc(CCOC(=O)CCC(=O)O[C@H]2O[C@@H]3O[C@]4(C)CC[C@H]5[C@H](C)CC[C@@H]([C@H]2C)[C@@]35OO4)cc1O. The fourth-order valence-electron chi connectivity index (χ4n) is 6.65. The topological polar surface area (TPSA) is 119 Å². The Morgan fingerprint density at radius 3 is 2.63 bits per heavy atom. The zero-order valence-electron chi connectivity index (χ0n) is 22.5. The Morgan fingerprint density at radius 2 is 1.87 bits per heavy atom. The van der Waals surface area contributed by atoms with Crippen molar-refractivity contribution in [2.45, 2.75) is 89.7 Å². The summed E-state index contributed by atoms with van der Waals surface area (Å²) in [5.41, 5.74) is 0.0780. The minimum absolute atomic E-state index is 0.0256. The lowest BCUT2D eigenvalue weighted by Gasteiger charge is -2.59. The number of rotatable bonds is 8. The van der Waals surface area contributed by atoms with E-state index in [1.165, 1.54) is 7.11 Å². The Bertz CT molecular complexity index is 1040. The van der Waals surface area contributed by atoms with E-state index in [9.17, 15) is 14.7 Å². The van der Waals surface area contributed by atoms with Gasteiger partial charge in [0, 0.05) is 24.7 Å². The molecule has 1 aromatic rings. The van der Waals surface area contributed by atoms with Gasteiger partial charge in [-0.25, -0.2) is 9.78 Å². The van der Waals surface area contributed by atoms with Crippen LogP contribution in [0.2, 0.25) is 0 Å². The van der Waals surface area contributed by atoms with Crippen LogP contribution in [0.15, 0.2) is 18.2 Å². The van der Waals surface area contributed by atoms with Crippen LogP contribution in [-0.2, 0) is 44.7 Å². The van der Waals surface area contributed by atoms with E-state index < -0.39 is 35.9 Å². The Hall–Kier alpha value is -2.40. The molecule has 6 rings (SSSR count). The van der Waals surface area contributed by atoms with Crippen molar-refractivity contribution in [2.75, 3.05) is 13.7 Å². The van der Waals surface area contributed by atoms with Crippen LogP contribution in [0.3, 0.4) is 0 Å². The monoisotopic (exact) mass is 534 g/mol. The van der Waals surface area contributed by atoms with Crippen molar-refractivity contribution in [3.05, 3.63) is 23.8 Å². The molecule has 10 heteroatoms. The molecule has 1 aromatic carbocycles. The summed E-state index contributed by atoms with van der Waals surface area (Å²) in [6.07, 6.45) is 2.29. The van der Waals surface area contributed by atoms with E-state index in [4.69, 9.17) is 33.5 Å². The molecule has 1 saturated carbocycles. The summed E-state index contributed by atoms with van der Waals surface area (Å²) in [5.74, 6) is -0.941. The molecule has 5 fully saturated rings. The predicted molar refractivity (Wildman–Crippen MR) is 131 cm³/mol. The number of methoxy groups -OCH3 is 1. The average molecular weight is 535 g/mol. The number of esters is 2. The highest BCUT2D eigenvalue weighted by atomic mass is 17.3. The summed E-state index contributed by atoms with van der Waals surface area (Å²) in [6, 6.07) is 5.00. The third-order valence-corrected chi connectivity index (χ3v) is 8.78. The molecule has 10 nitrogen and oxygen atoms in total. The summed E-state index contributed by atoms with van der Waals surface area (Å²) in [6.45, 7) is 6.23. The van der Waals surface area contributed by atoms with Crippen LogP contribution in [0.1, 0.15) is 64.9 Å². The van der Waals surface area contributed by atoms with Crippen LogP contribution in [-0.4, -0.2) is 54.7 Å². The van der Waals surface area contributed by atoms with Gasteiger partial charge in [-0.3, -0.25) is 9.59 Å². The molecule has 0 amide bonds. The number of carbonyl (C=O) groups is 2. The predicted octanol–water partition coefficient (Wildman–Crippen LogP) is 4.02. The Labute approximate surface area is 222 Å². The maximum atomic E-state index is 12.7. The Kier molecular flexibility index (Phi) is 7.61. The number of hydrogen-bond acceptors (Lipinski definition) is 10. The van der Waals surface area contributed by atoms with Crippen LogP contribution in [0.25, 0.3) is 0 Å². The van der Waals surface area contributed by atoms with Crippen molar-refractivity contribution < 1.29 is 48.2 Å². The molecule has 1 aliphatic carbocycles. The van der Waals surface area contributed by atoms with Crippen molar-refractivity contribution in [2.24, 2.45) is 23.7 Å². The zero-order chi connectivity index (χ0) is 27.1. The van der Waals surface area contributed by atoms with Gasteiger partial charge in [0.2, 0.25) is 12.1 Å². The standard InChI is InChI=1S/C28H38O10/c1-16-5-7-20-17(2)25(35-26-28(20)19(16)11-13-27(3,36-26)37-38-28)34-24(31)10-9-23(30)33-14-12-18-6-8-22(32-4)21(29)15-18/h6,8,15-17,19-20,25-26,29H,5,7,9-14H2,1-4H3/t16-,17-,19+,20+,25+,26-,27+,28-/m1/s1. The third-order valence-electron chi connectivity index (χ3n) is 8.78. The normalized spacial score (nSPS) is 37.6. The number of phenolic OH excluding ortho intramolecular Hbond substituents is 1. The van der Waals surface area contributed by atoms with E-state index in [0.717, 1.165) is 24.8 Å². The van der Waals surface area contributed by atoms with Crippen molar-refractivity contribution in [3.8, 4) is 11.5 Å². The van der Waals surface area contributed by atoms with Crippen molar-refractivity contribution >= 4 is 11.9 Å². The van der Waals surface area contributed by atoms with Gasteiger partial charge in [-0.1, -0.05) is 19.9 Å². The van der Waals surface area contributed by atoms with Gasteiger partial charge in [0.25, 0.3) is 0 Å². The van der Waals surface area contributed by atoms with Gasteiger partial charge in [0.05, 0.1) is 26.6 Å². The molecular weight excluding hydrogens is 496 g/mol. The molecule has 4 aliphatic heterocycles. The highest BCUT2D eigenvalue weighted by molar-refractivity contribution is 5.77. The summed E-state index contributed by atoms with van der Waals surface area (Å²) in [7, 11) is 1.48. The number of aromatic hydroxyl groups is 1. The lowest BCUT2D eigenvalue weighted by Crippen LogP contribution is -2.70. The second-order valence-corrected chi connectivity index (χ2v) is 11.2. The van der Waals surface area contributed by atoms with Gasteiger partial charge in [0.1, 0.15) is 0 Å². The molecular formula is C28H38O10. The molecule has 4 saturated heterocycles. The number of carbonyl (C=O) groups excluding carboxylic acids is 2.